The van der Waals surface area contributed by atoms with E-state index in [4.69, 9.17) is 17.3 Å². The maximum absolute atomic E-state index is 6.21. The Bertz CT molecular complexity index is 200. The number of fused-ring (bicyclic) bond motifs is 1. The Morgan fingerprint density at radius 1 is 1.33 bits per heavy atom. The molecule has 0 aromatic rings. The van der Waals surface area contributed by atoms with Crippen LogP contribution < -0.4 is 16.4 Å². The number of halogens is 1. The van der Waals surface area contributed by atoms with Gasteiger partial charge in [-0.3, -0.25) is 0 Å². The van der Waals surface area contributed by atoms with Gasteiger partial charge in [-0.05, 0) is 38.1 Å². The highest BCUT2D eigenvalue weighted by Crippen LogP contribution is 2.33. The first-order valence-corrected chi connectivity index (χ1v) is 6.56. The molecular formula is C11H22ClN3. The molecule has 0 amide bonds. The standard InChI is InChI=1S/C11H22ClN3/c12-8-1-2-9-10(15-6-4-13)3-5-14-11(9)7-8/h8-11,14-15H,1-7,13H2. The van der Waals surface area contributed by atoms with Crippen molar-refractivity contribution in [3.63, 3.8) is 0 Å². The van der Waals surface area contributed by atoms with Crippen molar-refractivity contribution in [2.45, 2.75) is 43.1 Å². The fourth-order valence-corrected chi connectivity index (χ4v) is 3.34. The molecular weight excluding hydrogens is 210 g/mol. The van der Waals surface area contributed by atoms with Gasteiger partial charge in [0.25, 0.3) is 0 Å². The van der Waals surface area contributed by atoms with Gasteiger partial charge >= 0.3 is 0 Å². The molecule has 1 saturated heterocycles. The minimum atomic E-state index is 0.381. The van der Waals surface area contributed by atoms with Crippen LogP contribution in [-0.2, 0) is 0 Å². The molecule has 88 valence electrons. The molecule has 0 aromatic carbocycles. The predicted molar refractivity (Wildman–Crippen MR) is 64.2 cm³/mol. The predicted octanol–water partition coefficient (Wildman–Crippen LogP) is 0.673. The summed E-state index contributed by atoms with van der Waals surface area (Å²) in [6.45, 7) is 2.80. The smallest absolute Gasteiger partial charge is 0.0351 e. The quantitative estimate of drug-likeness (QED) is 0.626. The second-order valence-corrected chi connectivity index (χ2v) is 5.39. The summed E-state index contributed by atoms with van der Waals surface area (Å²) in [5.41, 5.74) is 5.54. The highest BCUT2D eigenvalue weighted by Gasteiger charge is 2.36. The zero-order valence-electron chi connectivity index (χ0n) is 9.21. The minimum absolute atomic E-state index is 0.381. The Labute approximate surface area is 97.1 Å². The summed E-state index contributed by atoms with van der Waals surface area (Å²) in [4.78, 5) is 0. The number of rotatable bonds is 3. The molecule has 2 rings (SSSR count). The van der Waals surface area contributed by atoms with Crippen molar-refractivity contribution in [1.82, 2.24) is 10.6 Å². The third kappa shape index (κ3) is 2.84. The van der Waals surface area contributed by atoms with Crippen molar-refractivity contribution in [3.8, 4) is 0 Å². The second kappa shape index (κ2) is 5.48. The van der Waals surface area contributed by atoms with Crippen LogP contribution >= 0.6 is 11.6 Å². The van der Waals surface area contributed by atoms with Crippen LogP contribution in [0, 0.1) is 5.92 Å². The van der Waals surface area contributed by atoms with Gasteiger partial charge in [0.2, 0.25) is 0 Å². The molecule has 4 unspecified atom stereocenters. The minimum Gasteiger partial charge on any atom is -0.329 e. The molecule has 0 aromatic heterocycles. The Morgan fingerprint density at radius 2 is 2.20 bits per heavy atom. The number of hydrogen-bond acceptors (Lipinski definition) is 3. The van der Waals surface area contributed by atoms with Gasteiger partial charge in [-0.2, -0.15) is 0 Å². The lowest BCUT2D eigenvalue weighted by Gasteiger charge is -2.43. The number of piperidine rings is 1. The van der Waals surface area contributed by atoms with Gasteiger partial charge in [-0.25, -0.2) is 0 Å². The van der Waals surface area contributed by atoms with Crippen LogP contribution in [0.4, 0.5) is 0 Å². The number of hydrogen-bond donors (Lipinski definition) is 3. The molecule has 1 aliphatic carbocycles. The molecule has 0 spiro atoms. The summed E-state index contributed by atoms with van der Waals surface area (Å²) in [5, 5.41) is 7.56. The van der Waals surface area contributed by atoms with Crippen molar-refractivity contribution in [2.24, 2.45) is 11.7 Å². The largest absolute Gasteiger partial charge is 0.329 e. The zero-order chi connectivity index (χ0) is 10.7. The maximum atomic E-state index is 6.21. The fourth-order valence-electron chi connectivity index (χ4n) is 3.02. The van der Waals surface area contributed by atoms with Crippen LogP contribution in [0.3, 0.4) is 0 Å². The summed E-state index contributed by atoms with van der Waals surface area (Å²) in [6, 6.07) is 1.29. The third-order valence-corrected chi connectivity index (χ3v) is 4.17. The summed E-state index contributed by atoms with van der Waals surface area (Å²) < 4.78 is 0. The van der Waals surface area contributed by atoms with E-state index in [1.165, 1.54) is 19.3 Å². The van der Waals surface area contributed by atoms with Crippen molar-refractivity contribution >= 4 is 11.6 Å². The zero-order valence-corrected chi connectivity index (χ0v) is 9.97. The van der Waals surface area contributed by atoms with Crippen LogP contribution in [0.2, 0.25) is 0 Å². The third-order valence-electron chi connectivity index (χ3n) is 3.77. The normalized spacial score (nSPS) is 41.2. The van der Waals surface area contributed by atoms with E-state index in [9.17, 15) is 0 Å². The average Bonchev–Trinajstić information content (AvgIpc) is 2.25. The molecule has 0 bridgehead atoms. The highest BCUT2D eigenvalue weighted by atomic mass is 35.5. The van der Waals surface area contributed by atoms with E-state index in [1.807, 2.05) is 0 Å². The van der Waals surface area contributed by atoms with E-state index in [2.05, 4.69) is 10.6 Å². The first-order chi connectivity index (χ1) is 7.31. The molecule has 2 aliphatic rings. The number of alkyl halides is 1. The summed E-state index contributed by atoms with van der Waals surface area (Å²) in [5.74, 6) is 0.764. The molecule has 2 fully saturated rings. The monoisotopic (exact) mass is 231 g/mol. The van der Waals surface area contributed by atoms with Gasteiger partial charge < -0.3 is 16.4 Å². The Morgan fingerprint density at radius 3 is 3.00 bits per heavy atom. The van der Waals surface area contributed by atoms with E-state index in [1.54, 1.807) is 0 Å². The van der Waals surface area contributed by atoms with E-state index in [0.29, 0.717) is 17.5 Å². The van der Waals surface area contributed by atoms with Gasteiger partial charge in [0.05, 0.1) is 0 Å². The van der Waals surface area contributed by atoms with Gasteiger partial charge in [0, 0.05) is 30.6 Å². The SMILES string of the molecule is NCCNC1CCNC2CC(Cl)CCC12. The van der Waals surface area contributed by atoms with E-state index in [-0.39, 0.29) is 0 Å². The number of nitrogens with two attached hydrogens (primary N) is 1. The molecule has 1 aliphatic heterocycles. The van der Waals surface area contributed by atoms with Crippen LogP contribution in [0.15, 0.2) is 0 Å². The molecule has 0 radical (unpaired) electrons. The van der Waals surface area contributed by atoms with Crippen molar-refractivity contribution in [1.29, 1.82) is 0 Å². The van der Waals surface area contributed by atoms with E-state index in [0.717, 1.165) is 32.0 Å². The molecule has 3 nitrogen and oxygen atoms in total. The van der Waals surface area contributed by atoms with E-state index < -0.39 is 0 Å². The van der Waals surface area contributed by atoms with Crippen LogP contribution in [0.1, 0.15) is 25.7 Å². The Balaban J connectivity index is 1.89. The Kier molecular flexibility index (Phi) is 4.26. The van der Waals surface area contributed by atoms with Gasteiger partial charge in [0.1, 0.15) is 0 Å². The van der Waals surface area contributed by atoms with Gasteiger partial charge in [-0.15, -0.1) is 11.6 Å². The lowest BCUT2D eigenvalue weighted by Crippen LogP contribution is -2.56. The Hall–Kier alpha value is 0.170. The van der Waals surface area contributed by atoms with Crippen molar-refractivity contribution in [2.75, 3.05) is 19.6 Å². The molecule has 15 heavy (non-hydrogen) atoms. The lowest BCUT2D eigenvalue weighted by atomic mass is 9.76. The number of nitrogens with one attached hydrogen (secondary N) is 2. The van der Waals surface area contributed by atoms with Crippen LogP contribution in [0.25, 0.3) is 0 Å². The van der Waals surface area contributed by atoms with Crippen molar-refractivity contribution < 1.29 is 0 Å². The second-order valence-electron chi connectivity index (χ2n) is 4.77. The fraction of sp³-hybridized carbons (Fsp3) is 1.00. The van der Waals surface area contributed by atoms with Crippen LogP contribution in [-0.4, -0.2) is 37.1 Å². The van der Waals surface area contributed by atoms with Gasteiger partial charge in [-0.1, -0.05) is 0 Å². The van der Waals surface area contributed by atoms with Crippen LogP contribution in [0.5, 0.6) is 0 Å². The summed E-state index contributed by atoms with van der Waals surface area (Å²) >= 11 is 6.21. The average molecular weight is 232 g/mol. The maximum Gasteiger partial charge on any atom is 0.0351 e. The lowest BCUT2D eigenvalue weighted by molar-refractivity contribution is 0.164. The molecule has 4 N–H and O–H groups in total. The molecule has 1 heterocycles. The molecule has 4 atom stereocenters. The topological polar surface area (TPSA) is 50.1 Å². The van der Waals surface area contributed by atoms with E-state index >= 15 is 0 Å². The molecule has 4 heteroatoms. The van der Waals surface area contributed by atoms with Gasteiger partial charge in [0.15, 0.2) is 0 Å². The molecule has 1 saturated carbocycles. The highest BCUT2D eigenvalue weighted by molar-refractivity contribution is 6.20. The summed E-state index contributed by atoms with van der Waals surface area (Å²) in [6.07, 6.45) is 4.79. The first kappa shape index (κ1) is 11.6. The summed E-state index contributed by atoms with van der Waals surface area (Å²) in [7, 11) is 0. The first-order valence-electron chi connectivity index (χ1n) is 6.12. The van der Waals surface area contributed by atoms with Crippen molar-refractivity contribution in [3.05, 3.63) is 0 Å².